The van der Waals surface area contributed by atoms with Gasteiger partial charge in [-0.3, -0.25) is 9.59 Å². The molecule has 48 heavy (non-hydrogen) atoms. The zero-order valence-electron chi connectivity index (χ0n) is 26.5. The second-order valence-corrected chi connectivity index (χ2v) is 13.3. The Hall–Kier alpha value is -4.60. The highest BCUT2D eigenvalue weighted by Crippen LogP contribution is 2.28. The number of carbonyl (C=O) groups is 2. The van der Waals surface area contributed by atoms with Gasteiger partial charge in [0.05, 0.1) is 20.3 Å². The topological polar surface area (TPSA) is 150 Å². The Balaban J connectivity index is 0.000000174. The average molecular weight is 744 g/mol. The number of Topliss-reactive ketones (excluding diaryl/α,β-unsaturated/α-hetero) is 2. The lowest BCUT2D eigenvalue weighted by Crippen LogP contribution is -2.26. The van der Waals surface area contributed by atoms with Crippen LogP contribution in [0.1, 0.15) is 44.3 Å². The van der Waals surface area contributed by atoms with Crippen molar-refractivity contribution in [2.24, 2.45) is 0 Å². The summed E-state index contributed by atoms with van der Waals surface area (Å²) in [7, 11) is -1.46. The van der Waals surface area contributed by atoms with E-state index < -0.39 is 7.12 Å². The molecule has 0 saturated heterocycles. The minimum atomic E-state index is -1.46. The fraction of sp³-hybridized carbons (Fsp3) is 0.118. The molecule has 0 unspecified atom stereocenters. The summed E-state index contributed by atoms with van der Waals surface area (Å²) in [5, 5.41) is 23.7. The summed E-state index contributed by atoms with van der Waals surface area (Å²) in [6, 6.07) is 26.2. The predicted molar refractivity (Wildman–Crippen MR) is 198 cm³/mol. The first kappa shape index (κ1) is 36.2. The number of rotatable bonds is 8. The van der Waals surface area contributed by atoms with Gasteiger partial charge in [-0.1, -0.05) is 18.2 Å². The van der Waals surface area contributed by atoms with Crippen LogP contribution in [0.15, 0.2) is 102 Å². The molecule has 0 aromatic carbocycles. The van der Waals surface area contributed by atoms with E-state index in [0.717, 1.165) is 60.2 Å². The molecule has 6 rings (SSSR count). The van der Waals surface area contributed by atoms with Crippen LogP contribution in [0.2, 0.25) is 0 Å². The third-order valence-electron chi connectivity index (χ3n) is 6.24. The lowest BCUT2D eigenvalue weighted by atomic mass is 9.90. The summed E-state index contributed by atoms with van der Waals surface area (Å²) < 4.78 is 1.20. The Morgan fingerprint density at radius 1 is 0.688 bits per heavy atom. The minimum Gasteiger partial charge on any atom is -0.423 e. The van der Waals surface area contributed by atoms with Gasteiger partial charge in [-0.15, -0.1) is 22.7 Å². The molecular formula is C34H32BBrN6O4S2. The molecule has 0 bridgehead atoms. The summed E-state index contributed by atoms with van der Waals surface area (Å²) in [5.41, 5.74) is 3.15. The van der Waals surface area contributed by atoms with E-state index in [1.165, 1.54) is 29.9 Å². The number of anilines is 4. The van der Waals surface area contributed by atoms with Gasteiger partial charge in [0.2, 0.25) is 0 Å². The molecule has 0 radical (unpaired) electrons. The standard InChI is InChI=1S/C17H15N3OS.C11H10BrN3.C6H7BO3S/c1-11-8-9-18-17(10-11)20-16-5-3-4-13(19-16)15-7-6-14(22-15)12(2)21;1-8-5-6-13-11(7-8)15-10-4-2-3-9(12)14-10;1-4(8)5-2-3-6(11-5)7(9)10/h3-10H,1-2H3,(H,18,19,20);2-7H,1H3,(H,13,14,15);2-3,9-10H,1H3. The van der Waals surface area contributed by atoms with Gasteiger partial charge in [0.25, 0.3) is 0 Å². The van der Waals surface area contributed by atoms with Gasteiger partial charge in [0.1, 0.15) is 27.9 Å². The van der Waals surface area contributed by atoms with E-state index in [0.29, 0.717) is 9.65 Å². The molecule has 0 aliphatic heterocycles. The number of nitrogens with one attached hydrogen (secondary N) is 2. The van der Waals surface area contributed by atoms with Crippen LogP contribution in [0.3, 0.4) is 0 Å². The quantitative estimate of drug-likeness (QED) is 0.0707. The number of aromatic nitrogens is 4. The maximum Gasteiger partial charge on any atom is 0.499 e. The van der Waals surface area contributed by atoms with Crippen molar-refractivity contribution in [2.45, 2.75) is 27.7 Å². The van der Waals surface area contributed by atoms with Crippen LogP contribution in [0.5, 0.6) is 0 Å². The van der Waals surface area contributed by atoms with Crippen LogP contribution in [-0.4, -0.2) is 48.7 Å². The second kappa shape index (κ2) is 17.5. The first-order valence-corrected chi connectivity index (χ1v) is 17.0. The fourth-order valence-electron chi connectivity index (χ4n) is 3.94. The molecule has 6 aromatic rings. The van der Waals surface area contributed by atoms with Crippen LogP contribution in [0.25, 0.3) is 10.6 Å². The van der Waals surface area contributed by atoms with Crippen molar-refractivity contribution in [1.29, 1.82) is 0 Å². The summed E-state index contributed by atoms with van der Waals surface area (Å²) >= 11 is 5.87. The Labute approximate surface area is 295 Å². The number of pyridine rings is 4. The van der Waals surface area contributed by atoms with E-state index >= 15 is 0 Å². The minimum absolute atomic E-state index is 0.0538. The molecule has 0 amide bonds. The van der Waals surface area contributed by atoms with E-state index in [2.05, 4.69) is 46.5 Å². The molecule has 14 heteroatoms. The number of thiophene rings is 2. The Morgan fingerprint density at radius 3 is 1.71 bits per heavy atom. The van der Waals surface area contributed by atoms with E-state index in [1.807, 2.05) is 86.6 Å². The first-order valence-electron chi connectivity index (χ1n) is 14.5. The molecule has 0 saturated carbocycles. The van der Waals surface area contributed by atoms with Crippen molar-refractivity contribution in [2.75, 3.05) is 10.6 Å². The third kappa shape index (κ3) is 11.3. The fourth-order valence-corrected chi connectivity index (χ4v) is 5.93. The predicted octanol–water partition coefficient (Wildman–Crippen LogP) is 7.38. The van der Waals surface area contributed by atoms with Crippen LogP contribution in [-0.2, 0) is 0 Å². The van der Waals surface area contributed by atoms with Gasteiger partial charge in [0.15, 0.2) is 11.6 Å². The molecule has 4 N–H and O–H groups in total. The van der Waals surface area contributed by atoms with E-state index in [9.17, 15) is 9.59 Å². The van der Waals surface area contributed by atoms with E-state index in [4.69, 9.17) is 10.0 Å². The number of hydrogen-bond donors (Lipinski definition) is 4. The SMILES string of the molecule is CC(=O)c1ccc(-c2cccc(Nc3cc(C)ccn3)n2)s1.CC(=O)c1ccc(B(O)O)s1.Cc1ccnc(Nc2cccc(Br)n2)c1. The van der Waals surface area contributed by atoms with E-state index in [-0.39, 0.29) is 11.6 Å². The van der Waals surface area contributed by atoms with Crippen molar-refractivity contribution >= 4 is 85.3 Å². The first-order chi connectivity index (χ1) is 23.0. The lowest BCUT2D eigenvalue weighted by Gasteiger charge is -2.06. The Kier molecular flexibility index (Phi) is 13.2. The number of carbonyl (C=O) groups excluding carboxylic acids is 2. The molecule has 244 valence electrons. The average Bonchev–Trinajstić information content (AvgIpc) is 3.74. The van der Waals surface area contributed by atoms with Crippen LogP contribution in [0, 0.1) is 13.8 Å². The summed E-state index contributed by atoms with van der Waals surface area (Å²) in [6.07, 6.45) is 3.54. The zero-order chi connectivity index (χ0) is 34.6. The van der Waals surface area contributed by atoms with Gasteiger partial charge in [-0.05, 0) is 121 Å². The number of hydrogen-bond acceptors (Lipinski definition) is 12. The molecule has 0 atom stereocenters. The molecule has 0 aliphatic rings. The van der Waals surface area contributed by atoms with Crippen LogP contribution in [0.4, 0.5) is 23.3 Å². The molecule has 6 aromatic heterocycles. The van der Waals surface area contributed by atoms with Crippen LogP contribution >= 0.6 is 38.6 Å². The lowest BCUT2D eigenvalue weighted by molar-refractivity contribution is 0.101. The number of aryl methyl sites for hydroxylation is 2. The molecule has 0 spiro atoms. The van der Waals surface area contributed by atoms with Gasteiger partial charge in [0, 0.05) is 17.2 Å². The summed E-state index contributed by atoms with van der Waals surface area (Å²) in [5.74, 6) is 3.10. The van der Waals surface area contributed by atoms with Crippen LogP contribution < -0.4 is 15.4 Å². The van der Waals surface area contributed by atoms with Crippen molar-refractivity contribution in [3.8, 4) is 10.6 Å². The molecular weight excluding hydrogens is 711 g/mol. The monoisotopic (exact) mass is 742 g/mol. The smallest absolute Gasteiger partial charge is 0.423 e. The Bertz CT molecular complexity index is 1960. The number of ketones is 2. The van der Waals surface area contributed by atoms with Crippen molar-refractivity contribution in [3.63, 3.8) is 0 Å². The summed E-state index contributed by atoms with van der Waals surface area (Å²) in [6.45, 7) is 7.07. The van der Waals surface area contributed by atoms with Gasteiger partial charge in [-0.2, -0.15) is 0 Å². The highest BCUT2D eigenvalue weighted by molar-refractivity contribution is 9.10. The highest BCUT2D eigenvalue weighted by atomic mass is 79.9. The molecule has 6 heterocycles. The molecule has 0 aliphatic carbocycles. The largest absolute Gasteiger partial charge is 0.499 e. The zero-order valence-corrected chi connectivity index (χ0v) is 29.7. The third-order valence-corrected chi connectivity index (χ3v) is 9.12. The molecule has 10 nitrogen and oxygen atoms in total. The maximum absolute atomic E-state index is 11.4. The molecule has 0 fully saturated rings. The Morgan fingerprint density at radius 2 is 1.23 bits per heavy atom. The second-order valence-electron chi connectivity index (χ2n) is 10.3. The van der Waals surface area contributed by atoms with Crippen molar-refractivity contribution in [3.05, 3.63) is 123 Å². The number of halogens is 1. The summed E-state index contributed by atoms with van der Waals surface area (Å²) in [4.78, 5) is 41.7. The highest BCUT2D eigenvalue weighted by Gasteiger charge is 2.14. The van der Waals surface area contributed by atoms with E-state index in [1.54, 1.807) is 25.4 Å². The normalized spacial score (nSPS) is 10.1. The van der Waals surface area contributed by atoms with Gasteiger partial charge >= 0.3 is 7.12 Å². The van der Waals surface area contributed by atoms with Crippen molar-refractivity contribution in [1.82, 2.24) is 19.9 Å². The maximum atomic E-state index is 11.4. The van der Waals surface area contributed by atoms with Crippen molar-refractivity contribution < 1.29 is 19.6 Å². The van der Waals surface area contributed by atoms with Gasteiger partial charge < -0.3 is 20.7 Å². The number of nitrogens with zero attached hydrogens (tertiary/aromatic N) is 4. The van der Waals surface area contributed by atoms with Gasteiger partial charge in [-0.25, -0.2) is 19.9 Å².